The van der Waals surface area contributed by atoms with Gasteiger partial charge in [0.05, 0.1) is 6.07 Å². The maximum Gasteiger partial charge on any atom is 0.403 e. The molecule has 1 saturated heterocycles. The van der Waals surface area contributed by atoms with Gasteiger partial charge in [0.15, 0.2) is 0 Å². The van der Waals surface area contributed by atoms with Crippen molar-refractivity contribution in [2.24, 2.45) is 0 Å². The van der Waals surface area contributed by atoms with E-state index in [4.69, 9.17) is 0 Å². The Morgan fingerprint density at radius 1 is 1.27 bits per heavy atom. The van der Waals surface area contributed by atoms with E-state index >= 15 is 0 Å². The zero-order chi connectivity index (χ0) is 16.2. The van der Waals surface area contributed by atoms with Crippen molar-refractivity contribution in [1.82, 2.24) is 10.2 Å². The number of likely N-dealkylation sites (tertiary alicyclic amines) is 1. The molecular formula is C16H20F3N3. The van der Waals surface area contributed by atoms with Gasteiger partial charge in [0.2, 0.25) is 0 Å². The maximum absolute atomic E-state index is 12.7. The molecule has 0 aliphatic carbocycles. The first-order chi connectivity index (χ1) is 10.3. The highest BCUT2D eigenvalue weighted by atomic mass is 19.4. The minimum absolute atomic E-state index is 0.400. The van der Waals surface area contributed by atoms with Crippen LogP contribution in [0.3, 0.4) is 0 Å². The Bertz CT molecular complexity index is 514. The van der Waals surface area contributed by atoms with Crippen molar-refractivity contribution in [2.45, 2.75) is 44.1 Å². The van der Waals surface area contributed by atoms with Crippen LogP contribution in [0.2, 0.25) is 0 Å². The lowest BCUT2D eigenvalue weighted by Gasteiger charge is -2.39. The van der Waals surface area contributed by atoms with Crippen molar-refractivity contribution in [3.05, 3.63) is 35.9 Å². The normalized spacial score (nSPS) is 20.3. The van der Waals surface area contributed by atoms with Crippen LogP contribution in [0.5, 0.6) is 0 Å². The quantitative estimate of drug-likeness (QED) is 0.929. The molecule has 0 radical (unpaired) electrons. The standard InChI is InChI=1S/C16H20F3N3/c1-13(16(17,18)19)21-15(12-20)7-9-22(10-8-15)11-14-5-3-2-4-6-14/h2-6,13,21H,7-11H2,1H3. The molecule has 0 saturated carbocycles. The molecule has 1 atom stereocenters. The number of alkyl halides is 3. The molecule has 1 aliphatic rings. The van der Waals surface area contributed by atoms with Crippen LogP contribution in [0.15, 0.2) is 30.3 Å². The lowest BCUT2D eigenvalue weighted by Crippen LogP contribution is -2.58. The second-order valence-corrected chi connectivity index (χ2v) is 5.86. The van der Waals surface area contributed by atoms with Gasteiger partial charge in [0, 0.05) is 19.6 Å². The number of hydrogen-bond acceptors (Lipinski definition) is 3. The molecular weight excluding hydrogens is 291 g/mol. The molecule has 1 aromatic rings. The third kappa shape index (κ3) is 4.21. The van der Waals surface area contributed by atoms with E-state index in [-0.39, 0.29) is 0 Å². The number of nitrogens with one attached hydrogen (secondary N) is 1. The lowest BCUT2D eigenvalue weighted by molar-refractivity contribution is -0.156. The van der Waals surface area contributed by atoms with E-state index in [9.17, 15) is 18.4 Å². The highest BCUT2D eigenvalue weighted by Gasteiger charge is 2.43. The summed E-state index contributed by atoms with van der Waals surface area (Å²) in [5.74, 6) is 0. The summed E-state index contributed by atoms with van der Waals surface area (Å²) in [6.45, 7) is 3.05. The second-order valence-electron chi connectivity index (χ2n) is 5.86. The molecule has 1 N–H and O–H groups in total. The topological polar surface area (TPSA) is 39.1 Å². The summed E-state index contributed by atoms with van der Waals surface area (Å²) in [5.41, 5.74) is 0.0888. The fraction of sp³-hybridized carbons (Fsp3) is 0.562. The first-order valence-electron chi connectivity index (χ1n) is 7.37. The van der Waals surface area contributed by atoms with E-state index in [1.54, 1.807) is 0 Å². The minimum atomic E-state index is -4.33. The van der Waals surface area contributed by atoms with Crippen molar-refractivity contribution < 1.29 is 13.2 Å². The SMILES string of the molecule is CC(NC1(C#N)CCN(Cc2ccccc2)CC1)C(F)(F)F. The van der Waals surface area contributed by atoms with Gasteiger partial charge in [0.1, 0.15) is 11.6 Å². The van der Waals surface area contributed by atoms with Crippen molar-refractivity contribution in [3.63, 3.8) is 0 Å². The Labute approximate surface area is 128 Å². The van der Waals surface area contributed by atoms with E-state index in [2.05, 4.69) is 16.3 Å². The van der Waals surface area contributed by atoms with Gasteiger partial charge < -0.3 is 0 Å². The van der Waals surface area contributed by atoms with E-state index < -0.39 is 17.8 Å². The molecule has 120 valence electrons. The van der Waals surface area contributed by atoms with Crippen LogP contribution in [0, 0.1) is 11.3 Å². The van der Waals surface area contributed by atoms with Gasteiger partial charge in [0.25, 0.3) is 0 Å². The zero-order valence-corrected chi connectivity index (χ0v) is 12.5. The molecule has 1 unspecified atom stereocenters. The van der Waals surface area contributed by atoms with Crippen LogP contribution in [-0.4, -0.2) is 35.7 Å². The van der Waals surface area contributed by atoms with Crippen LogP contribution in [0.4, 0.5) is 13.2 Å². The second kappa shape index (κ2) is 6.67. The molecule has 22 heavy (non-hydrogen) atoms. The smallest absolute Gasteiger partial charge is 0.299 e. The predicted octanol–water partition coefficient (Wildman–Crippen LogP) is 3.09. The minimum Gasteiger partial charge on any atom is -0.299 e. The van der Waals surface area contributed by atoms with Crippen molar-refractivity contribution >= 4 is 0 Å². The van der Waals surface area contributed by atoms with Gasteiger partial charge in [-0.05, 0) is 25.3 Å². The summed E-state index contributed by atoms with van der Waals surface area (Å²) in [4.78, 5) is 2.17. The van der Waals surface area contributed by atoms with Crippen molar-refractivity contribution in [2.75, 3.05) is 13.1 Å². The third-order valence-electron chi connectivity index (χ3n) is 4.16. The molecule has 1 heterocycles. The van der Waals surface area contributed by atoms with Gasteiger partial charge >= 0.3 is 6.18 Å². The van der Waals surface area contributed by atoms with E-state index in [1.165, 1.54) is 5.56 Å². The Balaban J connectivity index is 1.93. The largest absolute Gasteiger partial charge is 0.403 e. The zero-order valence-electron chi connectivity index (χ0n) is 12.5. The van der Waals surface area contributed by atoms with Crippen LogP contribution in [0.25, 0.3) is 0 Å². The summed E-state index contributed by atoms with van der Waals surface area (Å²) < 4.78 is 38.1. The summed E-state index contributed by atoms with van der Waals surface area (Å²) in [5, 5.41) is 11.8. The molecule has 2 rings (SSSR count). The number of halogens is 3. The number of rotatable bonds is 4. The Kier molecular flexibility index (Phi) is 5.09. The van der Waals surface area contributed by atoms with Crippen LogP contribution in [-0.2, 0) is 6.54 Å². The molecule has 0 bridgehead atoms. The third-order valence-corrected chi connectivity index (χ3v) is 4.16. The Morgan fingerprint density at radius 3 is 2.36 bits per heavy atom. The van der Waals surface area contributed by atoms with Crippen molar-refractivity contribution in [3.8, 4) is 6.07 Å². The van der Waals surface area contributed by atoms with Crippen LogP contribution in [0.1, 0.15) is 25.3 Å². The fourth-order valence-electron chi connectivity index (χ4n) is 2.72. The maximum atomic E-state index is 12.7. The van der Waals surface area contributed by atoms with Crippen molar-refractivity contribution in [1.29, 1.82) is 5.26 Å². The van der Waals surface area contributed by atoms with Crippen LogP contribution >= 0.6 is 0 Å². The van der Waals surface area contributed by atoms with Gasteiger partial charge in [-0.1, -0.05) is 30.3 Å². The van der Waals surface area contributed by atoms with E-state index in [0.717, 1.165) is 13.5 Å². The van der Waals surface area contributed by atoms with Gasteiger partial charge in [-0.25, -0.2) is 0 Å². The van der Waals surface area contributed by atoms with Gasteiger partial charge in [-0.3, -0.25) is 10.2 Å². The molecule has 6 heteroatoms. The highest BCUT2D eigenvalue weighted by Crippen LogP contribution is 2.27. The number of piperidine rings is 1. The molecule has 0 amide bonds. The van der Waals surface area contributed by atoms with Gasteiger partial charge in [-0.2, -0.15) is 18.4 Å². The average molecular weight is 311 g/mol. The first-order valence-corrected chi connectivity index (χ1v) is 7.37. The Morgan fingerprint density at radius 2 is 1.86 bits per heavy atom. The molecule has 1 aromatic carbocycles. The van der Waals surface area contributed by atoms with E-state index in [1.807, 2.05) is 30.3 Å². The summed E-state index contributed by atoms with van der Waals surface area (Å²) in [6, 6.07) is 10.3. The molecule has 0 aromatic heterocycles. The summed E-state index contributed by atoms with van der Waals surface area (Å²) in [7, 11) is 0. The molecule has 3 nitrogen and oxygen atoms in total. The number of nitrogens with zero attached hydrogens (tertiary/aromatic N) is 2. The molecule has 1 fully saturated rings. The summed E-state index contributed by atoms with van der Waals surface area (Å²) in [6.07, 6.45) is -3.53. The van der Waals surface area contributed by atoms with E-state index in [0.29, 0.717) is 25.9 Å². The lowest BCUT2D eigenvalue weighted by atomic mass is 9.88. The monoisotopic (exact) mass is 311 g/mol. The number of hydrogen-bond donors (Lipinski definition) is 1. The van der Waals surface area contributed by atoms with Crippen LogP contribution < -0.4 is 5.32 Å². The number of benzene rings is 1. The fourth-order valence-corrected chi connectivity index (χ4v) is 2.72. The number of nitriles is 1. The predicted molar refractivity (Wildman–Crippen MR) is 77.9 cm³/mol. The van der Waals surface area contributed by atoms with Gasteiger partial charge in [-0.15, -0.1) is 0 Å². The highest BCUT2D eigenvalue weighted by molar-refractivity contribution is 5.16. The first kappa shape index (κ1) is 16.8. The Hall–Kier alpha value is -1.58. The average Bonchev–Trinajstić information content (AvgIpc) is 2.49. The molecule has 1 aliphatic heterocycles. The molecule has 0 spiro atoms. The summed E-state index contributed by atoms with van der Waals surface area (Å²) >= 11 is 0.